The number of ether oxygens (including phenoxy) is 1. The molecule has 0 saturated heterocycles. The third kappa shape index (κ3) is 5.55. The average molecular weight is 292 g/mol. The van der Waals surface area contributed by atoms with Gasteiger partial charge in [-0.1, -0.05) is 6.92 Å². The Morgan fingerprint density at radius 1 is 1.10 bits per heavy atom. The Bertz CT molecular complexity index is 469. The standard InChI is InChI=1S/C16H24N2O3/c1-5-10-18(12-16(20)17(2)3)11-15(19)13-6-8-14(21-4)9-7-13/h6-9H,5,10-12H2,1-4H3. The lowest BCUT2D eigenvalue weighted by molar-refractivity contribution is -0.129. The number of hydrogen-bond donors (Lipinski definition) is 0. The summed E-state index contributed by atoms with van der Waals surface area (Å²) in [7, 11) is 5.03. The first-order valence-electron chi connectivity index (χ1n) is 7.07. The van der Waals surface area contributed by atoms with E-state index in [4.69, 9.17) is 4.74 Å². The Kier molecular flexibility index (Phi) is 6.88. The fourth-order valence-corrected chi connectivity index (χ4v) is 1.93. The average Bonchev–Trinajstić information content (AvgIpc) is 2.47. The van der Waals surface area contributed by atoms with Gasteiger partial charge in [0, 0.05) is 19.7 Å². The second-order valence-corrected chi connectivity index (χ2v) is 5.15. The molecule has 0 fully saturated rings. The number of ketones is 1. The molecule has 0 bridgehead atoms. The molecule has 0 unspecified atom stereocenters. The number of rotatable bonds is 8. The minimum atomic E-state index is 0.00554. The van der Waals surface area contributed by atoms with Gasteiger partial charge < -0.3 is 9.64 Å². The zero-order valence-electron chi connectivity index (χ0n) is 13.3. The lowest BCUT2D eigenvalue weighted by Crippen LogP contribution is -2.39. The third-order valence-electron chi connectivity index (χ3n) is 3.18. The van der Waals surface area contributed by atoms with Crippen molar-refractivity contribution < 1.29 is 14.3 Å². The van der Waals surface area contributed by atoms with Gasteiger partial charge in [0.2, 0.25) is 5.91 Å². The number of benzene rings is 1. The number of likely N-dealkylation sites (N-methyl/N-ethyl adjacent to an activating group) is 1. The quantitative estimate of drug-likeness (QED) is 0.684. The summed E-state index contributed by atoms with van der Waals surface area (Å²) >= 11 is 0. The van der Waals surface area contributed by atoms with Crippen LogP contribution in [0.25, 0.3) is 0 Å². The van der Waals surface area contributed by atoms with E-state index < -0.39 is 0 Å². The maximum atomic E-state index is 12.3. The van der Waals surface area contributed by atoms with Crippen LogP contribution in [-0.4, -0.2) is 62.3 Å². The predicted molar refractivity (Wildman–Crippen MR) is 82.7 cm³/mol. The van der Waals surface area contributed by atoms with E-state index in [1.807, 2.05) is 11.8 Å². The van der Waals surface area contributed by atoms with E-state index in [1.165, 1.54) is 0 Å². The monoisotopic (exact) mass is 292 g/mol. The van der Waals surface area contributed by atoms with Gasteiger partial charge in [-0.25, -0.2) is 0 Å². The highest BCUT2D eigenvalue weighted by Gasteiger charge is 2.16. The van der Waals surface area contributed by atoms with Gasteiger partial charge in [-0.05, 0) is 37.2 Å². The van der Waals surface area contributed by atoms with Crippen LogP contribution < -0.4 is 4.74 Å². The van der Waals surface area contributed by atoms with Crippen LogP contribution in [0.3, 0.4) is 0 Å². The highest BCUT2D eigenvalue weighted by atomic mass is 16.5. The number of amides is 1. The summed E-state index contributed by atoms with van der Waals surface area (Å²) in [5.74, 6) is 0.739. The molecule has 0 spiro atoms. The largest absolute Gasteiger partial charge is 0.497 e. The van der Waals surface area contributed by atoms with Crippen molar-refractivity contribution in [3.05, 3.63) is 29.8 Å². The number of carbonyl (C=O) groups excluding carboxylic acids is 2. The Labute approximate surface area is 126 Å². The van der Waals surface area contributed by atoms with Crippen LogP contribution in [0.1, 0.15) is 23.7 Å². The fourth-order valence-electron chi connectivity index (χ4n) is 1.93. The molecule has 5 heteroatoms. The van der Waals surface area contributed by atoms with Crippen molar-refractivity contribution in [2.45, 2.75) is 13.3 Å². The van der Waals surface area contributed by atoms with E-state index in [1.54, 1.807) is 50.4 Å². The van der Waals surface area contributed by atoms with Crippen LogP contribution >= 0.6 is 0 Å². The molecule has 21 heavy (non-hydrogen) atoms. The first-order chi connectivity index (χ1) is 9.97. The van der Waals surface area contributed by atoms with Crippen molar-refractivity contribution in [3.8, 4) is 5.75 Å². The van der Waals surface area contributed by atoms with Crippen LogP contribution in [0.4, 0.5) is 0 Å². The summed E-state index contributed by atoms with van der Waals surface area (Å²) in [5, 5.41) is 0. The van der Waals surface area contributed by atoms with Crippen LogP contribution in [0.2, 0.25) is 0 Å². The van der Waals surface area contributed by atoms with Gasteiger partial charge in [-0.2, -0.15) is 0 Å². The zero-order valence-corrected chi connectivity index (χ0v) is 13.3. The van der Waals surface area contributed by atoms with Crippen molar-refractivity contribution in [3.63, 3.8) is 0 Å². The second-order valence-electron chi connectivity index (χ2n) is 5.15. The lowest BCUT2D eigenvalue weighted by atomic mass is 10.1. The van der Waals surface area contributed by atoms with Crippen LogP contribution in [0.15, 0.2) is 24.3 Å². The van der Waals surface area contributed by atoms with Gasteiger partial charge in [0.1, 0.15) is 5.75 Å². The first-order valence-corrected chi connectivity index (χ1v) is 7.07. The Hall–Kier alpha value is -1.88. The van der Waals surface area contributed by atoms with E-state index >= 15 is 0 Å². The van der Waals surface area contributed by atoms with Gasteiger partial charge in [0.05, 0.1) is 20.2 Å². The van der Waals surface area contributed by atoms with Crippen molar-refractivity contribution in [2.24, 2.45) is 0 Å². The van der Waals surface area contributed by atoms with Gasteiger partial charge >= 0.3 is 0 Å². The summed E-state index contributed by atoms with van der Waals surface area (Å²) < 4.78 is 5.08. The van der Waals surface area contributed by atoms with Gasteiger partial charge in [-0.3, -0.25) is 14.5 Å². The number of hydrogen-bond acceptors (Lipinski definition) is 4. The van der Waals surface area contributed by atoms with Gasteiger partial charge in [0.15, 0.2) is 5.78 Å². The number of methoxy groups -OCH3 is 1. The zero-order chi connectivity index (χ0) is 15.8. The molecule has 0 aliphatic carbocycles. The Morgan fingerprint density at radius 2 is 1.71 bits per heavy atom. The molecule has 0 aliphatic heterocycles. The summed E-state index contributed by atoms with van der Waals surface area (Å²) in [4.78, 5) is 27.5. The molecule has 0 N–H and O–H groups in total. The molecule has 0 atom stereocenters. The minimum absolute atomic E-state index is 0.00554. The summed E-state index contributed by atoms with van der Waals surface area (Å²) in [6.45, 7) is 3.27. The predicted octanol–water partition coefficient (Wildman–Crippen LogP) is 1.68. The highest BCUT2D eigenvalue weighted by molar-refractivity contribution is 5.98. The smallest absolute Gasteiger partial charge is 0.236 e. The molecular weight excluding hydrogens is 268 g/mol. The van der Waals surface area contributed by atoms with E-state index in [2.05, 4.69) is 0 Å². The molecule has 0 heterocycles. The molecule has 116 valence electrons. The number of carbonyl (C=O) groups is 2. The minimum Gasteiger partial charge on any atom is -0.497 e. The molecule has 1 aromatic carbocycles. The van der Waals surface area contributed by atoms with E-state index in [0.29, 0.717) is 5.56 Å². The summed E-state index contributed by atoms with van der Waals surface area (Å²) in [6, 6.07) is 7.03. The number of Topliss-reactive ketones (excluding diaryl/α,β-unsaturated/α-hetero) is 1. The number of nitrogens with zero attached hydrogens (tertiary/aromatic N) is 2. The van der Waals surface area contributed by atoms with E-state index in [0.717, 1.165) is 18.7 Å². The van der Waals surface area contributed by atoms with Crippen LogP contribution in [-0.2, 0) is 4.79 Å². The molecule has 0 aromatic heterocycles. The van der Waals surface area contributed by atoms with Crippen LogP contribution in [0.5, 0.6) is 5.75 Å². The molecule has 1 rings (SSSR count). The normalized spacial score (nSPS) is 10.5. The molecule has 0 aliphatic rings. The fraction of sp³-hybridized carbons (Fsp3) is 0.500. The SMILES string of the molecule is CCCN(CC(=O)c1ccc(OC)cc1)CC(=O)N(C)C. The van der Waals surface area contributed by atoms with Crippen molar-refractivity contribution in [2.75, 3.05) is 40.8 Å². The topological polar surface area (TPSA) is 49.9 Å². The molecular formula is C16H24N2O3. The van der Waals surface area contributed by atoms with Crippen molar-refractivity contribution >= 4 is 11.7 Å². The van der Waals surface area contributed by atoms with Crippen molar-refractivity contribution in [1.29, 1.82) is 0 Å². The van der Waals surface area contributed by atoms with Crippen LogP contribution in [0, 0.1) is 0 Å². The maximum absolute atomic E-state index is 12.3. The van der Waals surface area contributed by atoms with Crippen molar-refractivity contribution in [1.82, 2.24) is 9.80 Å². The van der Waals surface area contributed by atoms with E-state index in [-0.39, 0.29) is 24.8 Å². The third-order valence-corrected chi connectivity index (χ3v) is 3.18. The second kappa shape index (κ2) is 8.42. The summed E-state index contributed by atoms with van der Waals surface area (Å²) in [6.07, 6.45) is 0.899. The highest BCUT2D eigenvalue weighted by Crippen LogP contribution is 2.12. The lowest BCUT2D eigenvalue weighted by Gasteiger charge is -2.22. The molecule has 5 nitrogen and oxygen atoms in total. The molecule has 0 radical (unpaired) electrons. The van der Waals surface area contributed by atoms with Gasteiger partial charge in [-0.15, -0.1) is 0 Å². The van der Waals surface area contributed by atoms with Gasteiger partial charge in [0.25, 0.3) is 0 Å². The molecule has 1 amide bonds. The van der Waals surface area contributed by atoms with E-state index in [9.17, 15) is 9.59 Å². The molecule has 0 saturated carbocycles. The first kappa shape index (κ1) is 17.2. The Morgan fingerprint density at radius 3 is 2.19 bits per heavy atom. The summed E-state index contributed by atoms with van der Waals surface area (Å²) in [5.41, 5.74) is 0.634. The maximum Gasteiger partial charge on any atom is 0.236 e. The molecule has 1 aromatic rings. The Balaban J connectivity index is 2.68.